The van der Waals surface area contributed by atoms with Crippen LogP contribution >= 0.6 is 12.4 Å². The van der Waals surface area contributed by atoms with Crippen LogP contribution < -0.4 is 16.0 Å². The van der Waals surface area contributed by atoms with Gasteiger partial charge in [0.05, 0.1) is 5.41 Å². The second-order valence-corrected chi connectivity index (χ2v) is 7.11. The molecule has 1 heterocycles. The molecule has 25 heavy (non-hydrogen) atoms. The Labute approximate surface area is 155 Å². The van der Waals surface area contributed by atoms with Gasteiger partial charge >= 0.3 is 0 Å². The molecule has 5 nitrogen and oxygen atoms in total. The number of nitrogens with one attached hydrogen (secondary N) is 3. The van der Waals surface area contributed by atoms with Gasteiger partial charge in [0.25, 0.3) is 0 Å². The fourth-order valence-corrected chi connectivity index (χ4v) is 4.14. The zero-order valence-corrected chi connectivity index (χ0v) is 15.6. The van der Waals surface area contributed by atoms with E-state index in [4.69, 9.17) is 0 Å². The Morgan fingerprint density at radius 2 is 2.00 bits per heavy atom. The van der Waals surface area contributed by atoms with Crippen LogP contribution in [0.1, 0.15) is 38.2 Å². The summed E-state index contributed by atoms with van der Waals surface area (Å²) in [6, 6.07) is 7.79. The van der Waals surface area contributed by atoms with Gasteiger partial charge < -0.3 is 16.0 Å². The molecule has 0 unspecified atom stereocenters. The molecule has 1 aliphatic heterocycles. The van der Waals surface area contributed by atoms with Crippen LogP contribution in [0.2, 0.25) is 0 Å². The molecule has 2 amide bonds. The van der Waals surface area contributed by atoms with Crippen LogP contribution in [-0.4, -0.2) is 31.4 Å². The monoisotopic (exact) mass is 365 g/mol. The Balaban J connectivity index is 0.00000225. The molecular formula is C19H28ClN3O2. The molecule has 1 saturated carbocycles. The molecule has 0 radical (unpaired) electrons. The normalized spacial score (nSPS) is 24.8. The van der Waals surface area contributed by atoms with Crippen LogP contribution in [0.15, 0.2) is 24.3 Å². The Kier molecular flexibility index (Phi) is 6.85. The molecule has 0 spiro atoms. The van der Waals surface area contributed by atoms with Crippen LogP contribution in [0, 0.1) is 11.3 Å². The van der Waals surface area contributed by atoms with Gasteiger partial charge in [-0.1, -0.05) is 25.0 Å². The summed E-state index contributed by atoms with van der Waals surface area (Å²) in [6.45, 7) is 3.97. The van der Waals surface area contributed by atoms with E-state index in [1.54, 1.807) is 0 Å². The summed E-state index contributed by atoms with van der Waals surface area (Å²) >= 11 is 0. The number of amides is 2. The first kappa shape index (κ1) is 19.7. The second-order valence-electron chi connectivity index (χ2n) is 7.11. The van der Waals surface area contributed by atoms with Crippen molar-refractivity contribution in [3.8, 4) is 0 Å². The molecule has 2 fully saturated rings. The largest absolute Gasteiger partial charge is 0.355 e. The quantitative estimate of drug-likeness (QED) is 0.750. The number of halogens is 1. The average Bonchev–Trinajstić information content (AvgIpc) is 3.01. The highest BCUT2D eigenvalue weighted by atomic mass is 35.5. The van der Waals surface area contributed by atoms with Gasteiger partial charge in [-0.2, -0.15) is 0 Å². The minimum Gasteiger partial charge on any atom is -0.355 e. The van der Waals surface area contributed by atoms with E-state index in [1.807, 2.05) is 24.3 Å². The molecule has 1 aliphatic carbocycles. The topological polar surface area (TPSA) is 70.2 Å². The molecule has 2 atom stereocenters. The first-order valence-corrected chi connectivity index (χ1v) is 8.96. The van der Waals surface area contributed by atoms with Crippen LogP contribution in [-0.2, 0) is 16.0 Å². The van der Waals surface area contributed by atoms with Crippen LogP contribution in [0.4, 0.5) is 5.69 Å². The summed E-state index contributed by atoms with van der Waals surface area (Å²) in [5.74, 6) is 0.664. The van der Waals surface area contributed by atoms with Crippen molar-refractivity contribution >= 4 is 29.9 Å². The minimum absolute atomic E-state index is 0. The molecule has 1 saturated heterocycles. The number of hydrogen-bond donors (Lipinski definition) is 3. The van der Waals surface area contributed by atoms with Crippen molar-refractivity contribution in [1.29, 1.82) is 0 Å². The van der Waals surface area contributed by atoms with E-state index in [0.29, 0.717) is 12.5 Å². The van der Waals surface area contributed by atoms with E-state index < -0.39 is 0 Å². The van der Waals surface area contributed by atoms with E-state index >= 15 is 0 Å². The van der Waals surface area contributed by atoms with Crippen molar-refractivity contribution in [3.63, 3.8) is 0 Å². The molecule has 1 aromatic rings. The highest BCUT2D eigenvalue weighted by Gasteiger charge is 2.49. The Hall–Kier alpha value is -1.59. The molecule has 1 aromatic carbocycles. The summed E-state index contributed by atoms with van der Waals surface area (Å²) in [7, 11) is 0. The lowest BCUT2D eigenvalue weighted by Crippen LogP contribution is -2.48. The lowest BCUT2D eigenvalue weighted by atomic mass is 9.67. The zero-order valence-electron chi connectivity index (χ0n) is 14.8. The summed E-state index contributed by atoms with van der Waals surface area (Å²) in [6.07, 6.45) is 5.41. The molecule has 3 rings (SSSR count). The number of carbonyl (C=O) groups is 2. The standard InChI is InChI=1S/C19H27N3O2.ClH/c1-14(23)22-17-7-5-15(6-8-17)9-11-21-18(24)19-10-3-2-4-16(19)12-20-13-19;/h5-8,16,20H,2-4,9-13H2,1H3,(H,21,24)(H,22,23);1H/t16-,19+;/m0./s1. The Morgan fingerprint density at radius 3 is 2.72 bits per heavy atom. The lowest BCUT2D eigenvalue weighted by Gasteiger charge is -2.37. The number of rotatable bonds is 5. The predicted octanol–water partition coefficient (Wildman–Crippen LogP) is 2.51. The van der Waals surface area contributed by atoms with Gasteiger partial charge in [0.2, 0.25) is 11.8 Å². The van der Waals surface area contributed by atoms with Crippen molar-refractivity contribution in [1.82, 2.24) is 10.6 Å². The number of benzene rings is 1. The maximum Gasteiger partial charge on any atom is 0.227 e. The number of hydrogen-bond acceptors (Lipinski definition) is 3. The smallest absolute Gasteiger partial charge is 0.227 e. The van der Waals surface area contributed by atoms with Gasteiger partial charge in [0.15, 0.2) is 0 Å². The molecule has 3 N–H and O–H groups in total. The van der Waals surface area contributed by atoms with Crippen LogP contribution in [0.25, 0.3) is 0 Å². The SMILES string of the molecule is CC(=O)Nc1ccc(CCNC(=O)[C@@]23CCCC[C@H]2CNC3)cc1.Cl. The third-order valence-electron chi connectivity index (χ3n) is 5.46. The van der Waals surface area contributed by atoms with E-state index in [1.165, 1.54) is 19.8 Å². The van der Waals surface area contributed by atoms with Gasteiger partial charge in [0.1, 0.15) is 0 Å². The third kappa shape index (κ3) is 4.53. The molecular weight excluding hydrogens is 338 g/mol. The van der Waals surface area contributed by atoms with E-state index in [0.717, 1.165) is 43.6 Å². The second kappa shape index (κ2) is 8.68. The summed E-state index contributed by atoms with van der Waals surface area (Å²) < 4.78 is 0. The first-order valence-electron chi connectivity index (χ1n) is 8.96. The number of fused-ring (bicyclic) bond motifs is 1. The molecule has 2 aliphatic rings. The van der Waals surface area contributed by atoms with Crippen LogP contribution in [0.5, 0.6) is 0 Å². The maximum absolute atomic E-state index is 12.8. The van der Waals surface area contributed by atoms with Gasteiger partial charge in [-0.25, -0.2) is 0 Å². The van der Waals surface area contributed by atoms with E-state index in [2.05, 4.69) is 16.0 Å². The van der Waals surface area contributed by atoms with E-state index in [-0.39, 0.29) is 29.6 Å². The number of carbonyl (C=O) groups excluding carboxylic acids is 2. The zero-order chi connectivity index (χ0) is 17.0. The lowest BCUT2D eigenvalue weighted by molar-refractivity contribution is -0.134. The molecule has 0 bridgehead atoms. The highest BCUT2D eigenvalue weighted by molar-refractivity contribution is 5.88. The molecule has 138 valence electrons. The summed E-state index contributed by atoms with van der Waals surface area (Å²) in [4.78, 5) is 23.8. The first-order chi connectivity index (χ1) is 11.6. The minimum atomic E-state index is -0.173. The predicted molar refractivity (Wildman–Crippen MR) is 102 cm³/mol. The third-order valence-corrected chi connectivity index (χ3v) is 5.46. The summed E-state index contributed by atoms with van der Waals surface area (Å²) in [5, 5.41) is 9.34. The van der Waals surface area contributed by atoms with Crippen molar-refractivity contribution in [2.75, 3.05) is 25.0 Å². The number of anilines is 1. The van der Waals surface area contributed by atoms with Gasteiger partial charge in [0, 0.05) is 25.7 Å². The Bertz CT molecular complexity index is 605. The van der Waals surface area contributed by atoms with Gasteiger partial charge in [-0.05, 0) is 49.4 Å². The average molecular weight is 366 g/mol. The van der Waals surface area contributed by atoms with Gasteiger partial charge in [-0.15, -0.1) is 12.4 Å². The van der Waals surface area contributed by atoms with E-state index in [9.17, 15) is 9.59 Å². The van der Waals surface area contributed by atoms with Gasteiger partial charge in [-0.3, -0.25) is 9.59 Å². The molecule has 0 aromatic heterocycles. The fourth-order valence-electron chi connectivity index (χ4n) is 4.14. The van der Waals surface area contributed by atoms with Crippen LogP contribution in [0.3, 0.4) is 0 Å². The fraction of sp³-hybridized carbons (Fsp3) is 0.579. The Morgan fingerprint density at radius 1 is 1.24 bits per heavy atom. The maximum atomic E-state index is 12.8. The summed E-state index contributed by atoms with van der Waals surface area (Å²) in [5.41, 5.74) is 1.79. The van der Waals surface area contributed by atoms with Crippen molar-refractivity contribution in [3.05, 3.63) is 29.8 Å². The van der Waals surface area contributed by atoms with Crippen molar-refractivity contribution in [2.45, 2.75) is 39.0 Å². The molecule has 6 heteroatoms. The van der Waals surface area contributed by atoms with Crippen molar-refractivity contribution < 1.29 is 9.59 Å². The highest BCUT2D eigenvalue weighted by Crippen LogP contribution is 2.43. The van der Waals surface area contributed by atoms with Crippen molar-refractivity contribution in [2.24, 2.45) is 11.3 Å².